The lowest BCUT2D eigenvalue weighted by Crippen LogP contribution is -2.05. The fraction of sp³-hybridized carbons (Fsp3) is 0.400. The molecule has 0 radical (unpaired) electrons. The van der Waals surface area contributed by atoms with Crippen molar-refractivity contribution < 1.29 is 15.0 Å². The summed E-state index contributed by atoms with van der Waals surface area (Å²) in [5, 5.41) is 17.7. The van der Waals surface area contributed by atoms with Crippen LogP contribution in [0.1, 0.15) is 23.1 Å². The molecule has 1 unspecified atom stereocenters. The second-order valence-corrected chi connectivity index (χ2v) is 4.55. The highest BCUT2D eigenvalue weighted by Crippen LogP contribution is 2.15. The highest BCUT2D eigenvalue weighted by atomic mass is 32.2. The van der Waals surface area contributed by atoms with Crippen molar-refractivity contribution in [3.8, 4) is 0 Å². The number of aromatic carboxylic acids is 1. The lowest BCUT2D eigenvalue weighted by Gasteiger charge is -2.06. The van der Waals surface area contributed by atoms with Crippen LogP contribution >= 0.6 is 11.8 Å². The van der Waals surface area contributed by atoms with Crippen LogP contribution in [0.2, 0.25) is 0 Å². The summed E-state index contributed by atoms with van der Waals surface area (Å²) in [5.41, 5.74) is 0.782. The van der Waals surface area contributed by atoms with Gasteiger partial charge in [-0.2, -0.15) is 11.8 Å². The van der Waals surface area contributed by atoms with Crippen molar-refractivity contribution in [1.82, 2.24) is 4.98 Å². The molecule has 1 aromatic heterocycles. The molecule has 0 saturated heterocycles. The van der Waals surface area contributed by atoms with Crippen LogP contribution < -0.4 is 0 Å². The molecule has 5 heteroatoms. The van der Waals surface area contributed by atoms with Crippen LogP contribution in [0.15, 0.2) is 18.2 Å². The minimum atomic E-state index is -1.02. The predicted molar refractivity (Wildman–Crippen MR) is 59.0 cm³/mol. The zero-order valence-corrected chi connectivity index (χ0v) is 9.20. The predicted octanol–water partition coefficient (Wildman–Crippen LogP) is 1.39. The van der Waals surface area contributed by atoms with Gasteiger partial charge in [-0.25, -0.2) is 9.78 Å². The fourth-order valence-electron chi connectivity index (χ4n) is 0.959. The van der Waals surface area contributed by atoms with Gasteiger partial charge in [0.25, 0.3) is 0 Å². The molecule has 1 atom stereocenters. The zero-order chi connectivity index (χ0) is 11.3. The van der Waals surface area contributed by atoms with E-state index < -0.39 is 5.97 Å². The van der Waals surface area contributed by atoms with Gasteiger partial charge in [-0.1, -0.05) is 13.0 Å². The maximum Gasteiger partial charge on any atom is 0.354 e. The number of pyridine rings is 1. The standard InChI is InChI=1S/C10H13NO3S/c1-7(5-12)15-6-8-3-2-4-9(11-8)10(13)14/h2-4,7,12H,5-6H2,1H3,(H,13,14). The molecule has 0 aromatic carbocycles. The molecule has 0 aliphatic rings. The van der Waals surface area contributed by atoms with Gasteiger partial charge in [-0.15, -0.1) is 0 Å². The van der Waals surface area contributed by atoms with E-state index in [4.69, 9.17) is 10.2 Å². The number of aliphatic hydroxyl groups excluding tert-OH is 1. The number of carboxylic acid groups (broad SMARTS) is 1. The highest BCUT2D eigenvalue weighted by Gasteiger charge is 2.06. The maximum atomic E-state index is 10.6. The summed E-state index contributed by atoms with van der Waals surface area (Å²) in [5.74, 6) is -0.403. The molecule has 0 aliphatic carbocycles. The molecule has 1 aromatic rings. The summed E-state index contributed by atoms with van der Waals surface area (Å²) in [7, 11) is 0. The Labute approximate surface area is 92.3 Å². The van der Waals surface area contributed by atoms with Gasteiger partial charge in [-0.05, 0) is 12.1 Å². The van der Waals surface area contributed by atoms with E-state index in [1.807, 2.05) is 6.92 Å². The van der Waals surface area contributed by atoms with Crippen molar-refractivity contribution in [2.24, 2.45) is 0 Å². The van der Waals surface area contributed by atoms with Crippen LogP contribution in [0, 0.1) is 0 Å². The summed E-state index contributed by atoms with van der Waals surface area (Å²) in [6.07, 6.45) is 0. The fourth-order valence-corrected chi connectivity index (χ4v) is 1.68. The molecule has 0 amide bonds. The first-order chi connectivity index (χ1) is 7.13. The Morgan fingerprint density at radius 1 is 1.60 bits per heavy atom. The van der Waals surface area contributed by atoms with Crippen molar-refractivity contribution in [1.29, 1.82) is 0 Å². The summed E-state index contributed by atoms with van der Waals surface area (Å²) < 4.78 is 0. The molecule has 0 spiro atoms. The third-order valence-electron chi connectivity index (χ3n) is 1.80. The van der Waals surface area contributed by atoms with Crippen LogP contribution in [-0.4, -0.2) is 33.0 Å². The Balaban J connectivity index is 2.62. The average Bonchev–Trinajstić information content (AvgIpc) is 2.26. The Morgan fingerprint density at radius 2 is 2.33 bits per heavy atom. The summed E-state index contributed by atoms with van der Waals surface area (Å²) in [6, 6.07) is 4.92. The topological polar surface area (TPSA) is 70.4 Å². The van der Waals surface area contributed by atoms with E-state index >= 15 is 0 Å². The van der Waals surface area contributed by atoms with Gasteiger partial charge in [0.15, 0.2) is 0 Å². The van der Waals surface area contributed by atoms with Gasteiger partial charge in [0.1, 0.15) is 5.69 Å². The highest BCUT2D eigenvalue weighted by molar-refractivity contribution is 7.99. The van der Waals surface area contributed by atoms with Gasteiger partial charge in [0.2, 0.25) is 0 Å². The molecule has 2 N–H and O–H groups in total. The number of nitrogens with zero attached hydrogens (tertiary/aromatic N) is 1. The van der Waals surface area contributed by atoms with Gasteiger partial charge >= 0.3 is 5.97 Å². The minimum Gasteiger partial charge on any atom is -0.477 e. The van der Waals surface area contributed by atoms with E-state index in [0.717, 1.165) is 5.69 Å². The molecule has 82 valence electrons. The molecule has 0 saturated carbocycles. The SMILES string of the molecule is CC(CO)SCc1cccc(C(=O)O)n1. The smallest absolute Gasteiger partial charge is 0.354 e. The molecule has 0 bridgehead atoms. The van der Waals surface area contributed by atoms with Crippen LogP contribution in [0.3, 0.4) is 0 Å². The van der Waals surface area contributed by atoms with E-state index in [1.165, 1.54) is 6.07 Å². The Morgan fingerprint density at radius 3 is 2.93 bits per heavy atom. The normalized spacial score (nSPS) is 12.4. The second-order valence-electron chi connectivity index (χ2n) is 3.12. The molecule has 0 aliphatic heterocycles. The first-order valence-corrected chi connectivity index (χ1v) is 5.60. The third kappa shape index (κ3) is 3.89. The van der Waals surface area contributed by atoms with Crippen LogP contribution in [0.5, 0.6) is 0 Å². The van der Waals surface area contributed by atoms with E-state index in [9.17, 15) is 4.79 Å². The number of carboxylic acids is 1. The van der Waals surface area contributed by atoms with Crippen molar-refractivity contribution in [2.45, 2.75) is 17.9 Å². The van der Waals surface area contributed by atoms with Crippen molar-refractivity contribution in [3.05, 3.63) is 29.6 Å². The molecule has 15 heavy (non-hydrogen) atoms. The third-order valence-corrected chi connectivity index (χ3v) is 2.98. The van der Waals surface area contributed by atoms with E-state index in [-0.39, 0.29) is 17.6 Å². The second kappa shape index (κ2) is 5.72. The molecule has 0 fully saturated rings. The Hall–Kier alpha value is -1.07. The summed E-state index contributed by atoms with van der Waals surface area (Å²) >= 11 is 1.54. The number of hydrogen-bond donors (Lipinski definition) is 2. The Bertz CT molecular complexity index is 343. The quantitative estimate of drug-likeness (QED) is 0.795. The van der Waals surface area contributed by atoms with Crippen molar-refractivity contribution >= 4 is 17.7 Å². The van der Waals surface area contributed by atoms with E-state index in [0.29, 0.717) is 5.75 Å². The molecular formula is C10H13NO3S. The maximum absolute atomic E-state index is 10.6. The summed E-state index contributed by atoms with van der Waals surface area (Å²) in [4.78, 5) is 14.6. The number of aromatic nitrogens is 1. The number of aliphatic hydroxyl groups is 1. The molecular weight excluding hydrogens is 214 g/mol. The lowest BCUT2D eigenvalue weighted by molar-refractivity contribution is 0.0690. The number of rotatable bonds is 5. The van der Waals surface area contributed by atoms with Gasteiger partial charge in [0.05, 0.1) is 12.3 Å². The molecule has 1 rings (SSSR count). The molecule has 1 heterocycles. The van der Waals surface area contributed by atoms with Crippen molar-refractivity contribution in [2.75, 3.05) is 6.61 Å². The molecule has 4 nitrogen and oxygen atoms in total. The largest absolute Gasteiger partial charge is 0.477 e. The van der Waals surface area contributed by atoms with Gasteiger partial charge < -0.3 is 10.2 Å². The van der Waals surface area contributed by atoms with Crippen LogP contribution in [0.25, 0.3) is 0 Å². The first kappa shape index (κ1) is 12.0. The Kier molecular flexibility index (Phi) is 4.58. The summed E-state index contributed by atoms with van der Waals surface area (Å²) in [6.45, 7) is 2.02. The number of thioether (sulfide) groups is 1. The van der Waals surface area contributed by atoms with E-state index in [2.05, 4.69) is 4.98 Å². The van der Waals surface area contributed by atoms with Crippen molar-refractivity contribution in [3.63, 3.8) is 0 Å². The van der Waals surface area contributed by atoms with E-state index in [1.54, 1.807) is 23.9 Å². The number of carbonyl (C=O) groups is 1. The van der Waals surface area contributed by atoms with Gasteiger partial charge in [0, 0.05) is 11.0 Å². The monoisotopic (exact) mass is 227 g/mol. The zero-order valence-electron chi connectivity index (χ0n) is 8.38. The van der Waals surface area contributed by atoms with Crippen LogP contribution in [0.4, 0.5) is 0 Å². The number of hydrogen-bond acceptors (Lipinski definition) is 4. The average molecular weight is 227 g/mol. The minimum absolute atomic E-state index is 0.0600. The lowest BCUT2D eigenvalue weighted by atomic mass is 10.3. The first-order valence-electron chi connectivity index (χ1n) is 4.55. The van der Waals surface area contributed by atoms with Gasteiger partial charge in [-0.3, -0.25) is 0 Å². The van der Waals surface area contributed by atoms with Crippen LogP contribution in [-0.2, 0) is 5.75 Å².